The van der Waals surface area contributed by atoms with Gasteiger partial charge in [0.25, 0.3) is 11.6 Å². The van der Waals surface area contributed by atoms with E-state index in [4.69, 9.17) is 14.2 Å². The molecule has 0 aromatic heterocycles. The van der Waals surface area contributed by atoms with Crippen LogP contribution in [-0.4, -0.2) is 38.1 Å². The van der Waals surface area contributed by atoms with Crippen molar-refractivity contribution in [2.24, 2.45) is 0 Å². The molecule has 9 heteroatoms. The molecule has 1 aliphatic rings. The fourth-order valence-corrected chi connectivity index (χ4v) is 3.31. The molecule has 2 aromatic carbocycles. The number of nitro benzene ring substituents is 1. The Labute approximate surface area is 178 Å². The van der Waals surface area contributed by atoms with Crippen LogP contribution in [0.5, 0.6) is 11.5 Å². The zero-order chi connectivity index (χ0) is 22.7. The predicted molar refractivity (Wildman–Crippen MR) is 113 cm³/mol. The van der Waals surface area contributed by atoms with Crippen molar-refractivity contribution in [1.82, 2.24) is 0 Å². The van der Waals surface area contributed by atoms with E-state index in [1.165, 1.54) is 50.5 Å². The van der Waals surface area contributed by atoms with Crippen LogP contribution in [0.3, 0.4) is 0 Å². The smallest absolute Gasteiger partial charge is 0.340 e. The van der Waals surface area contributed by atoms with Gasteiger partial charge in [-0.2, -0.15) is 0 Å². The van der Waals surface area contributed by atoms with E-state index in [1.54, 1.807) is 31.2 Å². The number of hydrogen-bond donors (Lipinski definition) is 0. The fourth-order valence-electron chi connectivity index (χ4n) is 3.31. The Morgan fingerprint density at radius 3 is 2.29 bits per heavy atom. The largest absolute Gasteiger partial charge is 0.497 e. The number of non-ortho nitro benzene ring substituents is 1. The summed E-state index contributed by atoms with van der Waals surface area (Å²) in [4.78, 5) is 37.5. The van der Waals surface area contributed by atoms with Gasteiger partial charge in [-0.25, -0.2) is 4.79 Å². The van der Waals surface area contributed by atoms with Crippen LogP contribution >= 0.6 is 0 Å². The maximum absolute atomic E-state index is 13.3. The first kappa shape index (κ1) is 21.6. The zero-order valence-electron chi connectivity index (χ0n) is 17.4. The Bertz CT molecular complexity index is 1120. The molecule has 1 aliphatic heterocycles. The Morgan fingerprint density at radius 1 is 1.06 bits per heavy atom. The van der Waals surface area contributed by atoms with E-state index in [1.807, 2.05) is 0 Å². The minimum atomic E-state index is -0.672. The van der Waals surface area contributed by atoms with Crippen molar-refractivity contribution in [3.8, 4) is 11.5 Å². The summed E-state index contributed by atoms with van der Waals surface area (Å²) in [7, 11) is 4.24. The predicted octanol–water partition coefficient (Wildman–Crippen LogP) is 3.49. The molecule has 0 bridgehead atoms. The van der Waals surface area contributed by atoms with Crippen molar-refractivity contribution in [2.75, 3.05) is 26.2 Å². The van der Waals surface area contributed by atoms with E-state index in [9.17, 15) is 19.7 Å². The second-order valence-electron chi connectivity index (χ2n) is 6.53. The fraction of sp³-hybridized carbons (Fsp3) is 0.182. The topological polar surface area (TPSA) is 108 Å². The summed E-state index contributed by atoms with van der Waals surface area (Å²) >= 11 is 0. The van der Waals surface area contributed by atoms with E-state index < -0.39 is 16.8 Å². The molecule has 31 heavy (non-hydrogen) atoms. The summed E-state index contributed by atoms with van der Waals surface area (Å²) in [5.41, 5.74) is 1.41. The number of allylic oxidation sites excluding steroid dienone is 1. The first-order chi connectivity index (χ1) is 14.8. The summed E-state index contributed by atoms with van der Waals surface area (Å²) in [6.45, 7) is 1.61. The van der Waals surface area contributed by atoms with Crippen molar-refractivity contribution in [2.45, 2.75) is 6.92 Å². The molecule has 0 saturated carbocycles. The van der Waals surface area contributed by atoms with Gasteiger partial charge in [0, 0.05) is 35.1 Å². The Kier molecular flexibility index (Phi) is 6.05. The molecule has 1 amide bonds. The number of ether oxygens (including phenoxy) is 3. The molecule has 0 aliphatic carbocycles. The lowest BCUT2D eigenvalue weighted by Crippen LogP contribution is -2.24. The van der Waals surface area contributed by atoms with Gasteiger partial charge in [-0.05, 0) is 37.3 Å². The highest BCUT2D eigenvalue weighted by Gasteiger charge is 2.38. The third-order valence-corrected chi connectivity index (χ3v) is 4.85. The molecular formula is C22H20N2O7. The van der Waals surface area contributed by atoms with E-state index in [-0.39, 0.29) is 16.8 Å². The molecule has 2 aromatic rings. The van der Waals surface area contributed by atoms with Crippen LogP contribution in [0.25, 0.3) is 6.08 Å². The second-order valence-corrected chi connectivity index (χ2v) is 6.53. The van der Waals surface area contributed by atoms with Crippen LogP contribution in [0.4, 0.5) is 11.4 Å². The van der Waals surface area contributed by atoms with Gasteiger partial charge < -0.3 is 14.2 Å². The van der Waals surface area contributed by atoms with E-state index in [0.29, 0.717) is 28.4 Å². The van der Waals surface area contributed by atoms with Gasteiger partial charge >= 0.3 is 5.97 Å². The third kappa shape index (κ3) is 3.97. The number of anilines is 1. The summed E-state index contributed by atoms with van der Waals surface area (Å²) in [6.07, 6.45) is 1.54. The third-order valence-electron chi connectivity index (χ3n) is 4.85. The number of rotatable bonds is 6. The summed E-state index contributed by atoms with van der Waals surface area (Å²) in [6, 6.07) is 10.6. The summed E-state index contributed by atoms with van der Waals surface area (Å²) in [5.74, 6) is -0.113. The maximum Gasteiger partial charge on any atom is 0.340 e. The number of nitro groups is 1. The first-order valence-electron chi connectivity index (χ1n) is 9.14. The number of methoxy groups -OCH3 is 3. The van der Waals surface area contributed by atoms with Crippen LogP contribution in [-0.2, 0) is 14.3 Å². The Hall–Kier alpha value is -4.14. The highest BCUT2D eigenvalue weighted by molar-refractivity contribution is 6.24. The molecule has 0 unspecified atom stereocenters. The molecule has 0 atom stereocenters. The van der Waals surface area contributed by atoms with Crippen molar-refractivity contribution in [3.63, 3.8) is 0 Å². The molecule has 1 heterocycles. The standard InChI is InChI=1S/C22H20N2O7/c1-13-20(22(26)31-4)18(11-14-5-10-17(29-2)12-19(14)30-3)21(25)23(13)15-6-8-16(9-7-15)24(27)28/h5-12H,1-4H3/b18-11-. The van der Waals surface area contributed by atoms with E-state index >= 15 is 0 Å². The van der Waals surface area contributed by atoms with Gasteiger partial charge in [0.1, 0.15) is 11.5 Å². The minimum Gasteiger partial charge on any atom is -0.497 e. The van der Waals surface area contributed by atoms with Crippen LogP contribution in [0, 0.1) is 10.1 Å². The van der Waals surface area contributed by atoms with Crippen LogP contribution in [0.15, 0.2) is 59.3 Å². The van der Waals surface area contributed by atoms with E-state index in [0.717, 1.165) is 0 Å². The number of nitrogens with zero attached hydrogens (tertiary/aromatic N) is 2. The van der Waals surface area contributed by atoms with Gasteiger partial charge in [-0.1, -0.05) is 0 Å². The lowest BCUT2D eigenvalue weighted by molar-refractivity contribution is -0.384. The molecule has 3 rings (SSSR count). The van der Waals surface area contributed by atoms with Gasteiger partial charge in [0.15, 0.2) is 0 Å². The SMILES string of the molecule is COC(=O)C1=C(C)N(c2ccc([N+](=O)[O-])cc2)C(=O)/C1=C\c1ccc(OC)cc1OC. The zero-order valence-corrected chi connectivity index (χ0v) is 17.4. The lowest BCUT2D eigenvalue weighted by atomic mass is 10.0. The summed E-state index contributed by atoms with van der Waals surface area (Å²) in [5, 5.41) is 10.9. The van der Waals surface area contributed by atoms with Gasteiger partial charge in [0.2, 0.25) is 0 Å². The minimum absolute atomic E-state index is 0.101. The van der Waals surface area contributed by atoms with Crippen LogP contribution in [0.1, 0.15) is 12.5 Å². The number of esters is 1. The molecule has 0 fully saturated rings. The van der Waals surface area contributed by atoms with Crippen LogP contribution in [0.2, 0.25) is 0 Å². The molecule has 0 spiro atoms. The molecule has 9 nitrogen and oxygen atoms in total. The lowest BCUT2D eigenvalue weighted by Gasteiger charge is -2.17. The number of carbonyl (C=O) groups excluding carboxylic acids is 2. The average molecular weight is 424 g/mol. The van der Waals surface area contributed by atoms with Gasteiger partial charge in [-0.3, -0.25) is 19.8 Å². The first-order valence-corrected chi connectivity index (χ1v) is 9.14. The second kappa shape index (κ2) is 8.70. The molecule has 160 valence electrons. The normalized spacial score (nSPS) is 14.8. The quantitative estimate of drug-likeness (QED) is 0.302. The maximum atomic E-state index is 13.3. The van der Waals surface area contributed by atoms with Crippen LogP contribution < -0.4 is 14.4 Å². The Balaban J connectivity index is 2.13. The van der Waals surface area contributed by atoms with Crippen molar-refractivity contribution in [3.05, 3.63) is 75.0 Å². The van der Waals surface area contributed by atoms with Crippen molar-refractivity contribution < 1.29 is 28.7 Å². The van der Waals surface area contributed by atoms with Gasteiger partial charge in [-0.15, -0.1) is 0 Å². The van der Waals surface area contributed by atoms with Crippen molar-refractivity contribution >= 4 is 29.3 Å². The molecular weight excluding hydrogens is 404 g/mol. The average Bonchev–Trinajstić information content (AvgIpc) is 3.02. The number of hydrogen-bond acceptors (Lipinski definition) is 7. The number of benzene rings is 2. The molecule has 0 saturated heterocycles. The van der Waals surface area contributed by atoms with E-state index in [2.05, 4.69) is 0 Å². The van der Waals surface area contributed by atoms with Crippen molar-refractivity contribution in [1.29, 1.82) is 0 Å². The Morgan fingerprint density at radius 2 is 1.74 bits per heavy atom. The molecule has 0 radical (unpaired) electrons. The monoisotopic (exact) mass is 424 g/mol. The number of amides is 1. The summed E-state index contributed by atoms with van der Waals surface area (Å²) < 4.78 is 15.5. The highest BCUT2D eigenvalue weighted by atomic mass is 16.6. The number of carbonyl (C=O) groups is 2. The highest BCUT2D eigenvalue weighted by Crippen LogP contribution is 2.37. The molecule has 0 N–H and O–H groups in total. The van der Waals surface area contributed by atoms with Gasteiger partial charge in [0.05, 0.1) is 37.4 Å².